The van der Waals surface area contributed by atoms with Gasteiger partial charge in [0, 0.05) is 17.1 Å². The number of hydrogen-bond acceptors (Lipinski definition) is 6. The number of benzene rings is 1. The Morgan fingerprint density at radius 2 is 1.88 bits per heavy atom. The fourth-order valence-electron chi connectivity index (χ4n) is 2.47. The van der Waals surface area contributed by atoms with Crippen LogP contribution in [-0.2, 0) is 9.53 Å². The number of thiazole rings is 1. The molecule has 3 rings (SSSR count). The SMILES string of the molecule is CC(C)N(C(=O)COC(=O)c1csc(-c2cccs2)n1)c1ccccc1. The highest BCUT2D eigenvalue weighted by Crippen LogP contribution is 2.28. The number of nitrogens with zero attached hydrogens (tertiary/aromatic N) is 2. The van der Waals surface area contributed by atoms with E-state index in [1.807, 2.05) is 61.7 Å². The molecule has 0 spiro atoms. The Labute approximate surface area is 159 Å². The summed E-state index contributed by atoms with van der Waals surface area (Å²) < 4.78 is 5.19. The van der Waals surface area contributed by atoms with E-state index >= 15 is 0 Å². The maximum Gasteiger partial charge on any atom is 0.358 e. The van der Waals surface area contributed by atoms with E-state index in [0.29, 0.717) is 0 Å². The van der Waals surface area contributed by atoms with Crippen LogP contribution in [0.25, 0.3) is 9.88 Å². The van der Waals surface area contributed by atoms with Crippen LogP contribution in [-0.4, -0.2) is 29.5 Å². The number of carbonyl (C=O) groups excluding carboxylic acids is 2. The van der Waals surface area contributed by atoms with Crippen molar-refractivity contribution >= 4 is 40.2 Å². The van der Waals surface area contributed by atoms with Gasteiger partial charge in [-0.25, -0.2) is 9.78 Å². The highest BCUT2D eigenvalue weighted by atomic mass is 32.1. The first kappa shape index (κ1) is 18.3. The van der Waals surface area contributed by atoms with Gasteiger partial charge in [-0.05, 0) is 37.4 Å². The zero-order chi connectivity index (χ0) is 18.5. The summed E-state index contributed by atoms with van der Waals surface area (Å²) in [6.07, 6.45) is 0. The van der Waals surface area contributed by atoms with Crippen LogP contribution in [0.15, 0.2) is 53.2 Å². The summed E-state index contributed by atoms with van der Waals surface area (Å²) in [6.45, 7) is 3.51. The smallest absolute Gasteiger partial charge is 0.358 e. The second-order valence-corrected chi connectivity index (χ2v) is 7.59. The fraction of sp³-hybridized carbons (Fsp3) is 0.211. The van der Waals surface area contributed by atoms with Gasteiger partial charge in [0.2, 0.25) is 0 Å². The van der Waals surface area contributed by atoms with E-state index < -0.39 is 5.97 Å². The average Bonchev–Trinajstić information content (AvgIpc) is 3.31. The lowest BCUT2D eigenvalue weighted by atomic mass is 10.2. The molecule has 26 heavy (non-hydrogen) atoms. The summed E-state index contributed by atoms with van der Waals surface area (Å²) in [5, 5.41) is 4.38. The molecule has 5 nitrogen and oxygen atoms in total. The molecule has 2 aromatic heterocycles. The van der Waals surface area contributed by atoms with Gasteiger partial charge in [0.1, 0.15) is 5.01 Å². The minimum absolute atomic E-state index is 0.0479. The van der Waals surface area contributed by atoms with Crippen molar-refractivity contribution in [3.05, 3.63) is 58.9 Å². The predicted octanol–water partition coefficient (Wildman–Crippen LogP) is 4.47. The molecule has 2 heterocycles. The molecular formula is C19H18N2O3S2. The van der Waals surface area contributed by atoms with Gasteiger partial charge in [-0.3, -0.25) is 4.79 Å². The highest BCUT2D eigenvalue weighted by Gasteiger charge is 2.21. The van der Waals surface area contributed by atoms with Crippen molar-refractivity contribution in [1.29, 1.82) is 0 Å². The number of ether oxygens (including phenoxy) is 1. The first-order chi connectivity index (χ1) is 12.6. The molecule has 1 amide bonds. The Balaban J connectivity index is 1.64. The van der Waals surface area contributed by atoms with Crippen LogP contribution < -0.4 is 4.90 Å². The Morgan fingerprint density at radius 3 is 2.54 bits per heavy atom. The van der Waals surface area contributed by atoms with E-state index in [2.05, 4.69) is 4.98 Å². The second-order valence-electron chi connectivity index (χ2n) is 5.78. The molecule has 0 aliphatic heterocycles. The van der Waals surface area contributed by atoms with Crippen molar-refractivity contribution in [1.82, 2.24) is 4.98 Å². The summed E-state index contributed by atoms with van der Waals surface area (Å²) in [5.41, 5.74) is 0.999. The van der Waals surface area contributed by atoms with E-state index in [4.69, 9.17) is 4.74 Å². The number of para-hydroxylation sites is 1. The number of aromatic nitrogens is 1. The highest BCUT2D eigenvalue weighted by molar-refractivity contribution is 7.20. The Hall–Kier alpha value is -2.51. The number of rotatable bonds is 6. The van der Waals surface area contributed by atoms with Gasteiger partial charge in [-0.2, -0.15) is 0 Å². The average molecular weight is 386 g/mol. The van der Waals surface area contributed by atoms with Crippen LogP contribution in [0.3, 0.4) is 0 Å². The summed E-state index contributed by atoms with van der Waals surface area (Å²) in [7, 11) is 0. The van der Waals surface area contributed by atoms with Crippen molar-refractivity contribution < 1.29 is 14.3 Å². The van der Waals surface area contributed by atoms with Crippen LogP contribution in [0.1, 0.15) is 24.3 Å². The zero-order valence-corrected chi connectivity index (χ0v) is 16.0. The molecule has 7 heteroatoms. The third kappa shape index (κ3) is 4.17. The minimum Gasteiger partial charge on any atom is -0.451 e. The molecule has 1 aromatic carbocycles. The largest absolute Gasteiger partial charge is 0.451 e. The lowest BCUT2D eigenvalue weighted by molar-refractivity contribution is -0.122. The third-order valence-corrected chi connectivity index (χ3v) is 5.47. The minimum atomic E-state index is -0.589. The number of anilines is 1. The van der Waals surface area contributed by atoms with E-state index in [0.717, 1.165) is 15.6 Å². The number of amides is 1. The molecule has 0 bridgehead atoms. The first-order valence-electron chi connectivity index (χ1n) is 8.10. The molecule has 3 aromatic rings. The van der Waals surface area contributed by atoms with E-state index in [9.17, 15) is 9.59 Å². The van der Waals surface area contributed by atoms with Crippen LogP contribution in [0.5, 0.6) is 0 Å². The van der Waals surface area contributed by atoms with Gasteiger partial charge in [0.05, 0.1) is 4.88 Å². The molecule has 134 valence electrons. The van der Waals surface area contributed by atoms with Gasteiger partial charge < -0.3 is 9.64 Å². The number of thiophene rings is 1. The summed E-state index contributed by atoms with van der Waals surface area (Å²) >= 11 is 2.94. The van der Waals surface area contributed by atoms with Crippen molar-refractivity contribution in [2.75, 3.05) is 11.5 Å². The lowest BCUT2D eigenvalue weighted by Gasteiger charge is -2.26. The molecule has 0 radical (unpaired) electrons. The molecule has 0 aliphatic rings. The number of esters is 1. The molecule has 0 aliphatic carbocycles. The van der Waals surface area contributed by atoms with E-state index in [1.54, 1.807) is 21.6 Å². The lowest BCUT2D eigenvalue weighted by Crippen LogP contribution is -2.39. The molecule has 0 atom stereocenters. The second kappa shape index (κ2) is 8.25. The van der Waals surface area contributed by atoms with Crippen molar-refractivity contribution in [2.24, 2.45) is 0 Å². The number of hydrogen-bond donors (Lipinski definition) is 0. The molecule has 0 unspecified atom stereocenters. The topological polar surface area (TPSA) is 59.5 Å². The third-order valence-electron chi connectivity index (χ3n) is 3.59. The molecule has 0 saturated carbocycles. The molecule has 0 saturated heterocycles. The van der Waals surface area contributed by atoms with Crippen molar-refractivity contribution in [2.45, 2.75) is 19.9 Å². The first-order valence-corrected chi connectivity index (χ1v) is 9.86. The summed E-state index contributed by atoms with van der Waals surface area (Å²) in [4.78, 5) is 31.7. The van der Waals surface area contributed by atoms with Gasteiger partial charge in [0.25, 0.3) is 5.91 Å². The Bertz CT molecular complexity index is 873. The maximum absolute atomic E-state index is 12.5. The van der Waals surface area contributed by atoms with Crippen molar-refractivity contribution in [3.63, 3.8) is 0 Å². The number of carbonyl (C=O) groups is 2. The molecule has 0 fully saturated rings. The van der Waals surface area contributed by atoms with E-state index in [1.165, 1.54) is 11.3 Å². The van der Waals surface area contributed by atoms with Crippen LogP contribution >= 0.6 is 22.7 Å². The fourth-order valence-corrected chi connectivity index (χ4v) is 4.07. The maximum atomic E-state index is 12.5. The van der Waals surface area contributed by atoms with Crippen LogP contribution in [0.2, 0.25) is 0 Å². The normalized spacial score (nSPS) is 10.7. The molecular weight excluding hydrogens is 368 g/mol. The van der Waals surface area contributed by atoms with Crippen LogP contribution in [0.4, 0.5) is 5.69 Å². The van der Waals surface area contributed by atoms with Crippen LogP contribution in [0, 0.1) is 0 Å². The quantitative estimate of drug-likeness (QED) is 0.587. The Kier molecular flexibility index (Phi) is 5.80. The monoisotopic (exact) mass is 386 g/mol. The molecule has 0 N–H and O–H groups in total. The summed E-state index contributed by atoms with van der Waals surface area (Å²) in [6, 6.07) is 13.2. The van der Waals surface area contributed by atoms with Gasteiger partial charge >= 0.3 is 5.97 Å². The van der Waals surface area contributed by atoms with Crippen molar-refractivity contribution in [3.8, 4) is 9.88 Å². The van der Waals surface area contributed by atoms with E-state index in [-0.39, 0.29) is 24.2 Å². The predicted molar refractivity (Wildman–Crippen MR) is 105 cm³/mol. The van der Waals surface area contributed by atoms with Gasteiger partial charge in [-0.1, -0.05) is 24.3 Å². The summed E-state index contributed by atoms with van der Waals surface area (Å²) in [5.74, 6) is -0.859. The Morgan fingerprint density at radius 1 is 1.12 bits per heavy atom. The van der Waals surface area contributed by atoms with Gasteiger partial charge in [0.15, 0.2) is 12.3 Å². The standard InChI is InChI=1S/C19H18N2O3S2/c1-13(2)21(14-7-4-3-5-8-14)17(22)11-24-19(23)15-12-26-18(20-15)16-9-6-10-25-16/h3-10,12-13H,11H2,1-2H3. The van der Waals surface area contributed by atoms with Gasteiger partial charge in [-0.15, -0.1) is 22.7 Å². The zero-order valence-electron chi connectivity index (χ0n) is 14.4.